The summed E-state index contributed by atoms with van der Waals surface area (Å²) in [5.74, 6) is 0.179. The van der Waals surface area contributed by atoms with Crippen LogP contribution in [0.15, 0.2) is 12.4 Å². The zero-order valence-corrected chi connectivity index (χ0v) is 11.9. The van der Waals surface area contributed by atoms with Crippen molar-refractivity contribution in [1.29, 1.82) is 0 Å². The number of alkyl halides is 1. The minimum Gasteiger partial charge on any atom is -0.396 e. The molecule has 1 saturated heterocycles. The molecule has 21 heavy (non-hydrogen) atoms. The van der Waals surface area contributed by atoms with Crippen LogP contribution in [0, 0.1) is 16.0 Å². The van der Waals surface area contributed by atoms with E-state index in [1.54, 1.807) is 6.20 Å². The van der Waals surface area contributed by atoms with Crippen LogP contribution in [0.3, 0.4) is 0 Å². The summed E-state index contributed by atoms with van der Waals surface area (Å²) in [5, 5.41) is 20.3. The summed E-state index contributed by atoms with van der Waals surface area (Å²) >= 11 is 0. The summed E-state index contributed by atoms with van der Waals surface area (Å²) in [5.41, 5.74) is 0. The fraction of sp³-hybridized carbons (Fsp3) is 0.769. The highest BCUT2D eigenvalue weighted by atomic mass is 19.1. The van der Waals surface area contributed by atoms with Gasteiger partial charge in [-0.3, -0.25) is 9.29 Å². The normalized spacial score (nSPS) is 18.8. The Morgan fingerprint density at radius 1 is 1.52 bits per heavy atom. The van der Waals surface area contributed by atoms with E-state index in [2.05, 4.69) is 9.88 Å². The molecule has 1 aromatic heterocycles. The van der Waals surface area contributed by atoms with E-state index in [9.17, 15) is 19.6 Å². The maximum atomic E-state index is 12.4. The predicted octanol–water partition coefficient (Wildman–Crippen LogP) is 1.74. The SMILES string of the molecule is O=[N+]([O-])c1nccn1C(CCO)N1CCC(CCF)CC1. The van der Waals surface area contributed by atoms with Crippen LogP contribution in [0.4, 0.5) is 10.3 Å². The third-order valence-electron chi connectivity index (χ3n) is 4.11. The summed E-state index contributed by atoms with van der Waals surface area (Å²) in [6.07, 6.45) is 5.46. The minimum atomic E-state index is -0.514. The molecule has 1 unspecified atom stereocenters. The average Bonchev–Trinajstić information content (AvgIpc) is 2.95. The standard InChI is InChI=1S/C13H21FN4O3/c14-5-1-11-2-7-16(8-3-11)12(4-10-19)17-9-6-15-13(17)18(20)21/h6,9,11-12,19H,1-5,7-8,10H2. The third kappa shape index (κ3) is 3.76. The lowest BCUT2D eigenvalue weighted by Gasteiger charge is -2.36. The predicted molar refractivity (Wildman–Crippen MR) is 74.5 cm³/mol. The van der Waals surface area contributed by atoms with Crippen molar-refractivity contribution in [1.82, 2.24) is 14.5 Å². The van der Waals surface area contributed by atoms with Gasteiger partial charge in [0.25, 0.3) is 0 Å². The first-order valence-electron chi connectivity index (χ1n) is 7.25. The molecule has 0 aromatic carbocycles. The fourth-order valence-corrected chi connectivity index (χ4v) is 2.99. The van der Waals surface area contributed by atoms with Crippen LogP contribution in [0.5, 0.6) is 0 Å². The van der Waals surface area contributed by atoms with E-state index >= 15 is 0 Å². The van der Waals surface area contributed by atoms with Gasteiger partial charge in [0.15, 0.2) is 0 Å². The highest BCUT2D eigenvalue weighted by Gasteiger charge is 2.31. The number of hydrogen-bond acceptors (Lipinski definition) is 5. The molecule has 118 valence electrons. The number of piperidine rings is 1. The molecule has 0 spiro atoms. The van der Waals surface area contributed by atoms with Crippen molar-refractivity contribution in [3.05, 3.63) is 22.5 Å². The van der Waals surface area contributed by atoms with E-state index in [1.807, 2.05) is 0 Å². The molecule has 1 atom stereocenters. The molecule has 1 fully saturated rings. The van der Waals surface area contributed by atoms with E-state index in [0.717, 1.165) is 25.9 Å². The Balaban J connectivity index is 2.09. The van der Waals surface area contributed by atoms with E-state index in [4.69, 9.17) is 0 Å². The lowest BCUT2D eigenvalue weighted by Crippen LogP contribution is -2.40. The van der Waals surface area contributed by atoms with Crippen LogP contribution in [0.2, 0.25) is 0 Å². The quantitative estimate of drug-likeness (QED) is 0.612. The van der Waals surface area contributed by atoms with Crippen molar-refractivity contribution in [3.8, 4) is 0 Å². The first-order chi connectivity index (χ1) is 10.2. The molecular weight excluding hydrogens is 279 g/mol. The Morgan fingerprint density at radius 2 is 2.24 bits per heavy atom. The molecule has 1 aliphatic rings. The summed E-state index contributed by atoms with van der Waals surface area (Å²) in [6.45, 7) is 1.16. The van der Waals surface area contributed by atoms with Gasteiger partial charge in [-0.15, -0.1) is 0 Å². The second kappa shape index (κ2) is 7.46. The highest BCUT2D eigenvalue weighted by Crippen LogP contribution is 2.29. The van der Waals surface area contributed by atoms with Gasteiger partial charge in [-0.1, -0.05) is 4.98 Å². The first kappa shape index (κ1) is 15.8. The topological polar surface area (TPSA) is 84.4 Å². The molecule has 1 N–H and O–H groups in total. The fourth-order valence-electron chi connectivity index (χ4n) is 2.99. The molecule has 7 nitrogen and oxygen atoms in total. The number of aromatic nitrogens is 2. The van der Waals surface area contributed by atoms with Crippen molar-refractivity contribution in [2.75, 3.05) is 26.4 Å². The maximum absolute atomic E-state index is 12.4. The maximum Gasteiger partial charge on any atom is 0.435 e. The van der Waals surface area contributed by atoms with Gasteiger partial charge in [0.05, 0.1) is 6.67 Å². The lowest BCUT2D eigenvalue weighted by atomic mass is 9.93. The number of likely N-dealkylation sites (tertiary alicyclic amines) is 1. The average molecular weight is 300 g/mol. The molecule has 1 aromatic rings. The Kier molecular flexibility index (Phi) is 5.63. The van der Waals surface area contributed by atoms with Crippen LogP contribution < -0.4 is 0 Å². The van der Waals surface area contributed by atoms with Crippen molar-refractivity contribution >= 4 is 5.95 Å². The Labute approximate surface area is 122 Å². The minimum absolute atomic E-state index is 0.0512. The number of hydrogen-bond donors (Lipinski definition) is 1. The number of halogens is 1. The second-order valence-electron chi connectivity index (χ2n) is 5.34. The first-order valence-corrected chi connectivity index (χ1v) is 7.25. The Hall–Kier alpha value is -1.54. The number of imidazole rings is 1. The molecule has 2 heterocycles. The molecule has 0 saturated carbocycles. The van der Waals surface area contributed by atoms with Gasteiger partial charge in [-0.2, -0.15) is 0 Å². The monoisotopic (exact) mass is 300 g/mol. The summed E-state index contributed by atoms with van der Waals surface area (Å²) in [7, 11) is 0. The smallest absolute Gasteiger partial charge is 0.396 e. The molecular formula is C13H21FN4O3. The van der Waals surface area contributed by atoms with Crippen LogP contribution in [0.1, 0.15) is 31.8 Å². The summed E-state index contributed by atoms with van der Waals surface area (Å²) < 4.78 is 13.9. The molecule has 2 rings (SSSR count). The van der Waals surface area contributed by atoms with Gasteiger partial charge < -0.3 is 15.2 Å². The molecule has 0 radical (unpaired) electrons. The Morgan fingerprint density at radius 3 is 2.81 bits per heavy atom. The molecule has 0 amide bonds. The van der Waals surface area contributed by atoms with Gasteiger partial charge in [0.1, 0.15) is 18.6 Å². The number of aliphatic hydroxyl groups excluding tert-OH is 1. The van der Waals surface area contributed by atoms with Gasteiger partial charge in [-0.25, -0.2) is 4.57 Å². The number of rotatable bonds is 7. The van der Waals surface area contributed by atoms with Crippen LogP contribution in [0.25, 0.3) is 0 Å². The molecule has 0 bridgehead atoms. The molecule has 1 aliphatic heterocycles. The van der Waals surface area contributed by atoms with Gasteiger partial charge in [0, 0.05) is 26.1 Å². The highest BCUT2D eigenvalue weighted by molar-refractivity contribution is 5.08. The number of nitrogens with zero attached hydrogens (tertiary/aromatic N) is 4. The largest absolute Gasteiger partial charge is 0.435 e. The van der Waals surface area contributed by atoms with Gasteiger partial charge >= 0.3 is 5.95 Å². The van der Waals surface area contributed by atoms with Crippen LogP contribution in [-0.4, -0.2) is 50.9 Å². The zero-order valence-electron chi connectivity index (χ0n) is 11.9. The van der Waals surface area contributed by atoms with Gasteiger partial charge in [0.2, 0.25) is 0 Å². The Bertz CT molecular complexity index is 460. The van der Waals surface area contributed by atoms with Crippen LogP contribution >= 0.6 is 0 Å². The van der Waals surface area contributed by atoms with Crippen molar-refractivity contribution in [3.63, 3.8) is 0 Å². The molecule has 0 aliphatic carbocycles. The number of nitro groups is 1. The van der Waals surface area contributed by atoms with Crippen LogP contribution in [-0.2, 0) is 0 Å². The van der Waals surface area contributed by atoms with E-state index in [1.165, 1.54) is 10.8 Å². The number of aliphatic hydroxyl groups is 1. The second-order valence-corrected chi connectivity index (χ2v) is 5.34. The van der Waals surface area contributed by atoms with Crippen molar-refractivity contribution < 1.29 is 14.4 Å². The summed E-state index contributed by atoms with van der Waals surface area (Å²) in [4.78, 5) is 16.4. The van der Waals surface area contributed by atoms with E-state index in [-0.39, 0.29) is 25.4 Å². The zero-order chi connectivity index (χ0) is 15.2. The third-order valence-corrected chi connectivity index (χ3v) is 4.11. The van der Waals surface area contributed by atoms with Gasteiger partial charge in [-0.05, 0) is 30.1 Å². The van der Waals surface area contributed by atoms with E-state index < -0.39 is 4.92 Å². The lowest BCUT2D eigenvalue weighted by molar-refractivity contribution is -0.397. The van der Waals surface area contributed by atoms with Crippen molar-refractivity contribution in [2.24, 2.45) is 5.92 Å². The van der Waals surface area contributed by atoms with E-state index in [0.29, 0.717) is 18.8 Å². The molecule has 8 heteroatoms. The van der Waals surface area contributed by atoms with Crippen molar-refractivity contribution in [2.45, 2.75) is 31.8 Å². The summed E-state index contributed by atoms with van der Waals surface area (Å²) in [6, 6.07) is 0.